The van der Waals surface area contributed by atoms with E-state index in [9.17, 15) is 9.59 Å². The van der Waals surface area contributed by atoms with E-state index in [0.29, 0.717) is 10.6 Å². The minimum Gasteiger partial charge on any atom is -0.462 e. The Labute approximate surface area is 204 Å². The Bertz CT molecular complexity index is 1320. The smallest absolute Gasteiger partial charge is 0.341 e. The van der Waals surface area contributed by atoms with Gasteiger partial charge >= 0.3 is 5.97 Å². The molecule has 0 aliphatic rings. The molecule has 174 valence electrons. The molecular formula is C29H29NO3S. The van der Waals surface area contributed by atoms with E-state index >= 15 is 0 Å². The first kappa shape index (κ1) is 23.7. The van der Waals surface area contributed by atoms with Gasteiger partial charge in [0.15, 0.2) is 0 Å². The number of carbonyl (C=O) groups is 2. The van der Waals surface area contributed by atoms with Gasteiger partial charge in [-0.3, -0.25) is 4.79 Å². The molecule has 5 heteroatoms. The third-order valence-electron chi connectivity index (χ3n) is 5.82. The minimum absolute atomic E-state index is 0.0396. The number of ether oxygens (including phenoxy) is 1. The third kappa shape index (κ3) is 5.05. The molecule has 1 heterocycles. The van der Waals surface area contributed by atoms with Crippen molar-refractivity contribution in [3.8, 4) is 11.1 Å². The molecule has 34 heavy (non-hydrogen) atoms. The lowest BCUT2D eigenvalue weighted by atomic mass is 9.86. The molecule has 0 unspecified atom stereocenters. The molecule has 0 aliphatic heterocycles. The summed E-state index contributed by atoms with van der Waals surface area (Å²) in [6.45, 7) is 8.54. The molecule has 0 fully saturated rings. The highest BCUT2D eigenvalue weighted by molar-refractivity contribution is 7.15. The first-order chi connectivity index (χ1) is 16.3. The summed E-state index contributed by atoms with van der Waals surface area (Å²) in [5.74, 6) is -0.600. The molecule has 0 saturated heterocycles. The molecule has 3 aromatic carbocycles. The molecule has 4 nitrogen and oxygen atoms in total. The number of carbonyl (C=O) groups excluding carboxylic acids is 2. The zero-order chi connectivity index (χ0) is 24.3. The van der Waals surface area contributed by atoms with Gasteiger partial charge in [-0.05, 0) is 39.8 Å². The second-order valence-corrected chi connectivity index (χ2v) is 10.1. The van der Waals surface area contributed by atoms with Crippen molar-refractivity contribution in [3.63, 3.8) is 0 Å². The van der Waals surface area contributed by atoms with Crippen molar-refractivity contribution in [1.29, 1.82) is 0 Å². The average Bonchev–Trinajstić information content (AvgIpc) is 3.22. The van der Waals surface area contributed by atoms with Crippen LogP contribution in [0.15, 0.2) is 72.1 Å². The molecule has 0 radical (unpaired) electrons. The summed E-state index contributed by atoms with van der Waals surface area (Å²) in [6, 6.07) is 22.2. The van der Waals surface area contributed by atoms with Crippen LogP contribution < -0.4 is 5.32 Å². The quantitative estimate of drug-likeness (QED) is 0.302. The Morgan fingerprint density at radius 1 is 0.941 bits per heavy atom. The van der Waals surface area contributed by atoms with Gasteiger partial charge < -0.3 is 10.1 Å². The highest BCUT2D eigenvalue weighted by atomic mass is 32.1. The van der Waals surface area contributed by atoms with Gasteiger partial charge in [0, 0.05) is 10.9 Å². The van der Waals surface area contributed by atoms with E-state index < -0.39 is 5.97 Å². The van der Waals surface area contributed by atoms with Crippen molar-refractivity contribution in [1.82, 2.24) is 0 Å². The van der Waals surface area contributed by atoms with Crippen molar-refractivity contribution in [2.75, 3.05) is 11.9 Å². The van der Waals surface area contributed by atoms with Crippen molar-refractivity contribution < 1.29 is 14.3 Å². The molecule has 1 N–H and O–H groups in total. The van der Waals surface area contributed by atoms with Gasteiger partial charge in [-0.15, -0.1) is 11.3 Å². The van der Waals surface area contributed by atoms with Crippen molar-refractivity contribution >= 4 is 39.0 Å². The molecule has 0 bridgehead atoms. The lowest BCUT2D eigenvalue weighted by molar-refractivity contribution is -0.115. The van der Waals surface area contributed by atoms with Crippen LogP contribution in [0.5, 0.6) is 0 Å². The van der Waals surface area contributed by atoms with Gasteiger partial charge in [0.05, 0.1) is 13.0 Å². The summed E-state index contributed by atoms with van der Waals surface area (Å²) in [4.78, 5) is 25.9. The highest BCUT2D eigenvalue weighted by Gasteiger charge is 2.23. The minimum atomic E-state index is -0.431. The van der Waals surface area contributed by atoms with E-state index in [-0.39, 0.29) is 24.3 Å². The summed E-state index contributed by atoms with van der Waals surface area (Å²) < 4.78 is 5.34. The van der Waals surface area contributed by atoms with E-state index in [1.807, 2.05) is 60.0 Å². The number of amides is 1. The van der Waals surface area contributed by atoms with Crippen LogP contribution >= 0.6 is 11.3 Å². The number of nitrogens with one attached hydrogen (secondary N) is 1. The predicted octanol–water partition coefficient (Wildman–Crippen LogP) is 7.22. The third-order valence-corrected chi connectivity index (χ3v) is 6.71. The molecule has 1 aromatic heterocycles. The fraction of sp³-hybridized carbons (Fsp3) is 0.241. The fourth-order valence-corrected chi connectivity index (χ4v) is 4.98. The number of esters is 1. The lowest BCUT2D eigenvalue weighted by Gasteiger charge is -2.19. The molecule has 0 saturated carbocycles. The van der Waals surface area contributed by atoms with Crippen molar-refractivity contribution in [2.24, 2.45) is 0 Å². The monoisotopic (exact) mass is 471 g/mol. The lowest BCUT2D eigenvalue weighted by Crippen LogP contribution is -2.16. The maximum absolute atomic E-state index is 13.0. The van der Waals surface area contributed by atoms with Crippen LogP contribution in [0.2, 0.25) is 0 Å². The highest BCUT2D eigenvalue weighted by Crippen LogP contribution is 2.37. The second kappa shape index (κ2) is 9.82. The Balaban J connectivity index is 1.63. The van der Waals surface area contributed by atoms with E-state index in [4.69, 9.17) is 4.74 Å². The fourth-order valence-electron chi connectivity index (χ4n) is 4.01. The molecule has 4 aromatic rings. The standard InChI is InChI=1S/C29H29NO3S/c1-5-33-28(32)26-24(20-13-15-22(16-14-20)29(2,3)4)18-34-27(26)30-25(31)17-21-11-8-10-19-9-6-7-12-23(19)21/h6-16,18H,5,17H2,1-4H3,(H,30,31). The van der Waals surface area contributed by atoms with Crippen molar-refractivity contribution in [3.05, 3.63) is 88.8 Å². The zero-order valence-electron chi connectivity index (χ0n) is 20.0. The number of rotatable bonds is 6. The molecule has 4 rings (SSSR count). The summed E-state index contributed by atoms with van der Waals surface area (Å²) in [5, 5.41) is 7.54. The molecule has 0 atom stereocenters. The summed E-state index contributed by atoms with van der Waals surface area (Å²) in [6.07, 6.45) is 0.219. The van der Waals surface area contributed by atoms with Crippen LogP contribution in [-0.2, 0) is 21.4 Å². The molecule has 0 spiro atoms. The van der Waals surface area contributed by atoms with Gasteiger partial charge in [0.2, 0.25) is 5.91 Å². The summed E-state index contributed by atoms with van der Waals surface area (Å²) in [5.41, 5.74) is 4.29. The predicted molar refractivity (Wildman–Crippen MR) is 141 cm³/mol. The summed E-state index contributed by atoms with van der Waals surface area (Å²) >= 11 is 1.34. The van der Waals surface area contributed by atoms with Crippen LogP contribution in [0.3, 0.4) is 0 Å². The van der Waals surface area contributed by atoms with Gasteiger partial charge in [-0.1, -0.05) is 87.5 Å². The number of thiophene rings is 1. The number of hydrogen-bond donors (Lipinski definition) is 1. The molecule has 1 amide bonds. The van der Waals surface area contributed by atoms with E-state index in [0.717, 1.165) is 27.5 Å². The maximum atomic E-state index is 13.0. The van der Waals surface area contributed by atoms with Crippen LogP contribution in [0, 0.1) is 0 Å². The Hall–Kier alpha value is -3.44. The normalized spacial score (nSPS) is 11.4. The molecular weight excluding hydrogens is 442 g/mol. The van der Waals surface area contributed by atoms with Crippen LogP contribution in [0.1, 0.15) is 49.2 Å². The van der Waals surface area contributed by atoms with Crippen LogP contribution in [0.4, 0.5) is 5.00 Å². The van der Waals surface area contributed by atoms with E-state index in [2.05, 4.69) is 38.2 Å². The maximum Gasteiger partial charge on any atom is 0.341 e. The number of fused-ring (bicyclic) bond motifs is 1. The van der Waals surface area contributed by atoms with Gasteiger partial charge in [0.1, 0.15) is 10.6 Å². The Morgan fingerprint density at radius 3 is 2.35 bits per heavy atom. The van der Waals surface area contributed by atoms with Gasteiger partial charge in [-0.2, -0.15) is 0 Å². The first-order valence-corrected chi connectivity index (χ1v) is 12.3. The zero-order valence-corrected chi connectivity index (χ0v) is 20.8. The Morgan fingerprint density at radius 2 is 1.65 bits per heavy atom. The van der Waals surface area contributed by atoms with Gasteiger partial charge in [0.25, 0.3) is 0 Å². The van der Waals surface area contributed by atoms with E-state index in [1.165, 1.54) is 16.9 Å². The number of benzene rings is 3. The SMILES string of the molecule is CCOC(=O)c1c(-c2ccc(C(C)(C)C)cc2)csc1NC(=O)Cc1cccc2ccccc12. The van der Waals surface area contributed by atoms with Crippen LogP contribution in [0.25, 0.3) is 21.9 Å². The first-order valence-electron chi connectivity index (χ1n) is 11.4. The van der Waals surface area contributed by atoms with Crippen molar-refractivity contribution in [2.45, 2.75) is 39.5 Å². The largest absolute Gasteiger partial charge is 0.462 e. The van der Waals surface area contributed by atoms with Gasteiger partial charge in [-0.25, -0.2) is 4.79 Å². The summed E-state index contributed by atoms with van der Waals surface area (Å²) in [7, 11) is 0. The second-order valence-electron chi connectivity index (χ2n) is 9.26. The number of hydrogen-bond acceptors (Lipinski definition) is 4. The topological polar surface area (TPSA) is 55.4 Å². The average molecular weight is 472 g/mol. The van der Waals surface area contributed by atoms with Crippen LogP contribution in [-0.4, -0.2) is 18.5 Å². The Kier molecular flexibility index (Phi) is 6.85. The molecule has 0 aliphatic carbocycles. The van der Waals surface area contributed by atoms with E-state index in [1.54, 1.807) is 6.92 Å². The number of anilines is 1.